The topological polar surface area (TPSA) is 70.2 Å². The molecule has 3 heterocycles. The van der Waals surface area contributed by atoms with Crippen LogP contribution in [-0.4, -0.2) is 47.7 Å². The molecule has 3 aromatic rings. The van der Waals surface area contributed by atoms with Gasteiger partial charge in [0.25, 0.3) is 5.91 Å². The highest BCUT2D eigenvalue weighted by molar-refractivity contribution is 7.15. The summed E-state index contributed by atoms with van der Waals surface area (Å²) >= 11 is 1.68. The molecule has 1 aliphatic rings. The number of aromatic amines is 1. The third kappa shape index (κ3) is 4.52. The van der Waals surface area contributed by atoms with Gasteiger partial charge in [-0.2, -0.15) is 5.10 Å². The maximum Gasteiger partial charge on any atom is 0.271 e. The average molecular weight is 411 g/mol. The number of rotatable bonds is 7. The quantitative estimate of drug-likeness (QED) is 0.617. The third-order valence-corrected chi connectivity index (χ3v) is 6.39. The largest absolute Gasteiger partial charge is 0.497 e. The molecule has 0 bridgehead atoms. The number of methoxy groups -OCH3 is 1. The van der Waals surface area contributed by atoms with Crippen molar-refractivity contribution in [2.24, 2.45) is 0 Å². The van der Waals surface area contributed by atoms with Crippen molar-refractivity contribution in [3.8, 4) is 16.3 Å². The minimum Gasteiger partial charge on any atom is -0.497 e. The first-order valence-electron chi connectivity index (χ1n) is 9.92. The van der Waals surface area contributed by atoms with Gasteiger partial charge in [0.05, 0.1) is 23.7 Å². The van der Waals surface area contributed by atoms with E-state index in [-0.39, 0.29) is 11.9 Å². The predicted molar refractivity (Wildman–Crippen MR) is 116 cm³/mol. The number of thiophene rings is 1. The number of amides is 1. The first-order chi connectivity index (χ1) is 14.1. The summed E-state index contributed by atoms with van der Waals surface area (Å²) in [6.45, 7) is 4.72. The van der Waals surface area contributed by atoms with Crippen molar-refractivity contribution in [2.75, 3.05) is 26.7 Å². The van der Waals surface area contributed by atoms with Gasteiger partial charge in [0.1, 0.15) is 5.75 Å². The van der Waals surface area contributed by atoms with E-state index >= 15 is 0 Å². The molecule has 0 radical (unpaired) electrons. The van der Waals surface area contributed by atoms with E-state index in [9.17, 15) is 4.79 Å². The van der Waals surface area contributed by atoms with Crippen molar-refractivity contribution in [1.82, 2.24) is 20.4 Å². The van der Waals surface area contributed by atoms with Crippen LogP contribution in [0, 0.1) is 6.92 Å². The standard InChI is InChI=1S/C22H26N4O2S/c1-15-5-10-21(29-15)18-13-19(25-24-18)22(27)23-14-20(26-11-3-4-12-26)16-6-8-17(28-2)9-7-16/h5-10,13,20H,3-4,11-12,14H2,1-2H3,(H,23,27)(H,24,25). The Labute approximate surface area is 174 Å². The van der Waals surface area contributed by atoms with Crippen LogP contribution in [0.4, 0.5) is 0 Å². The first kappa shape index (κ1) is 19.7. The molecule has 2 aromatic heterocycles. The van der Waals surface area contributed by atoms with Crippen LogP contribution in [0.15, 0.2) is 42.5 Å². The van der Waals surface area contributed by atoms with E-state index in [0.717, 1.165) is 29.4 Å². The molecular formula is C22H26N4O2S. The number of nitrogens with zero attached hydrogens (tertiary/aromatic N) is 2. The fraction of sp³-hybridized carbons (Fsp3) is 0.364. The summed E-state index contributed by atoms with van der Waals surface area (Å²) in [5.74, 6) is 0.685. The molecule has 6 nitrogen and oxygen atoms in total. The number of aryl methyl sites for hydroxylation is 1. The van der Waals surface area contributed by atoms with E-state index in [4.69, 9.17) is 4.74 Å². The Morgan fingerprint density at radius 2 is 2.00 bits per heavy atom. The average Bonchev–Trinajstić information content (AvgIpc) is 3.50. The molecular weight excluding hydrogens is 384 g/mol. The number of hydrogen-bond acceptors (Lipinski definition) is 5. The summed E-state index contributed by atoms with van der Waals surface area (Å²) in [5.41, 5.74) is 2.48. The Bertz CT molecular complexity index is 957. The summed E-state index contributed by atoms with van der Waals surface area (Å²) in [7, 11) is 1.67. The second-order valence-corrected chi connectivity index (χ2v) is 8.61. The number of benzene rings is 1. The Kier molecular flexibility index (Phi) is 5.97. The van der Waals surface area contributed by atoms with Crippen LogP contribution in [0.25, 0.3) is 10.6 Å². The fourth-order valence-corrected chi connectivity index (χ4v) is 4.59. The van der Waals surface area contributed by atoms with Gasteiger partial charge >= 0.3 is 0 Å². The molecule has 0 saturated carbocycles. The smallest absolute Gasteiger partial charge is 0.271 e. The Morgan fingerprint density at radius 1 is 1.24 bits per heavy atom. The van der Waals surface area contributed by atoms with Crippen LogP contribution >= 0.6 is 11.3 Å². The van der Waals surface area contributed by atoms with Crippen LogP contribution in [0.2, 0.25) is 0 Å². The summed E-state index contributed by atoms with van der Waals surface area (Å²) in [4.78, 5) is 17.5. The normalized spacial score (nSPS) is 15.4. The highest BCUT2D eigenvalue weighted by Crippen LogP contribution is 2.27. The molecule has 1 atom stereocenters. The number of carbonyl (C=O) groups excluding carboxylic acids is 1. The molecule has 1 saturated heterocycles. The maximum absolute atomic E-state index is 12.7. The molecule has 1 aliphatic heterocycles. The zero-order valence-electron chi connectivity index (χ0n) is 16.8. The van der Waals surface area contributed by atoms with Gasteiger partial charge in [0.15, 0.2) is 5.69 Å². The molecule has 1 fully saturated rings. The van der Waals surface area contributed by atoms with Gasteiger partial charge in [-0.05, 0) is 68.8 Å². The van der Waals surface area contributed by atoms with Gasteiger partial charge in [0.2, 0.25) is 0 Å². The highest BCUT2D eigenvalue weighted by atomic mass is 32.1. The molecule has 1 amide bonds. The van der Waals surface area contributed by atoms with E-state index in [2.05, 4.69) is 45.5 Å². The lowest BCUT2D eigenvalue weighted by Crippen LogP contribution is -2.36. The lowest BCUT2D eigenvalue weighted by molar-refractivity contribution is 0.0933. The number of hydrogen-bond donors (Lipinski definition) is 2. The van der Waals surface area contributed by atoms with Crippen LogP contribution in [0.3, 0.4) is 0 Å². The Hall–Kier alpha value is -2.64. The molecule has 1 aromatic carbocycles. The van der Waals surface area contributed by atoms with E-state index in [1.54, 1.807) is 18.4 Å². The van der Waals surface area contributed by atoms with E-state index in [1.807, 2.05) is 24.3 Å². The summed E-state index contributed by atoms with van der Waals surface area (Å²) in [5, 5.41) is 10.3. The Morgan fingerprint density at radius 3 is 2.66 bits per heavy atom. The molecule has 0 aliphatic carbocycles. The van der Waals surface area contributed by atoms with E-state index in [0.29, 0.717) is 12.2 Å². The fourth-order valence-electron chi connectivity index (χ4n) is 3.76. The number of aromatic nitrogens is 2. The Balaban J connectivity index is 1.45. The molecule has 2 N–H and O–H groups in total. The molecule has 152 valence electrons. The van der Waals surface area contributed by atoms with Crippen molar-refractivity contribution >= 4 is 17.2 Å². The van der Waals surface area contributed by atoms with Crippen LogP contribution < -0.4 is 10.1 Å². The molecule has 29 heavy (non-hydrogen) atoms. The summed E-state index contributed by atoms with van der Waals surface area (Å²) in [6, 6.07) is 14.2. The summed E-state index contributed by atoms with van der Waals surface area (Å²) in [6.07, 6.45) is 2.40. The number of nitrogens with one attached hydrogen (secondary N) is 2. The molecule has 4 rings (SSSR count). The van der Waals surface area contributed by atoms with Crippen molar-refractivity contribution in [1.29, 1.82) is 0 Å². The van der Waals surface area contributed by atoms with Crippen molar-refractivity contribution in [2.45, 2.75) is 25.8 Å². The van der Waals surface area contributed by atoms with Crippen LogP contribution in [-0.2, 0) is 0 Å². The SMILES string of the molecule is COc1ccc(C(CNC(=O)c2cc(-c3ccc(C)s3)[nH]n2)N2CCCC2)cc1. The van der Waals surface area contributed by atoms with Gasteiger partial charge < -0.3 is 10.1 Å². The number of likely N-dealkylation sites (tertiary alicyclic amines) is 1. The summed E-state index contributed by atoms with van der Waals surface area (Å²) < 4.78 is 5.28. The second kappa shape index (κ2) is 8.80. The zero-order valence-corrected chi connectivity index (χ0v) is 17.6. The van der Waals surface area contributed by atoms with Crippen molar-refractivity contribution in [3.63, 3.8) is 0 Å². The highest BCUT2D eigenvalue weighted by Gasteiger charge is 2.24. The first-order valence-corrected chi connectivity index (χ1v) is 10.7. The minimum absolute atomic E-state index is 0.144. The third-order valence-electron chi connectivity index (χ3n) is 5.35. The minimum atomic E-state index is -0.154. The number of carbonyl (C=O) groups is 1. The van der Waals surface area contributed by atoms with Gasteiger partial charge in [-0.25, -0.2) is 0 Å². The van der Waals surface area contributed by atoms with Crippen LogP contribution in [0.5, 0.6) is 5.75 Å². The van der Waals surface area contributed by atoms with Crippen molar-refractivity contribution < 1.29 is 9.53 Å². The van der Waals surface area contributed by atoms with Gasteiger partial charge in [-0.15, -0.1) is 11.3 Å². The number of ether oxygens (including phenoxy) is 1. The maximum atomic E-state index is 12.7. The van der Waals surface area contributed by atoms with Gasteiger partial charge in [-0.3, -0.25) is 14.8 Å². The number of H-pyrrole nitrogens is 1. The molecule has 1 unspecified atom stereocenters. The van der Waals surface area contributed by atoms with Gasteiger partial charge in [-0.1, -0.05) is 12.1 Å². The lowest BCUT2D eigenvalue weighted by Gasteiger charge is -2.28. The lowest BCUT2D eigenvalue weighted by atomic mass is 10.1. The van der Waals surface area contributed by atoms with Crippen LogP contribution in [0.1, 0.15) is 39.8 Å². The molecule has 0 spiro atoms. The van der Waals surface area contributed by atoms with E-state index < -0.39 is 0 Å². The van der Waals surface area contributed by atoms with E-state index in [1.165, 1.54) is 23.3 Å². The van der Waals surface area contributed by atoms with Crippen molar-refractivity contribution in [3.05, 3.63) is 58.6 Å². The monoisotopic (exact) mass is 410 g/mol. The predicted octanol–water partition coefficient (Wildman–Crippen LogP) is 4.02. The second-order valence-electron chi connectivity index (χ2n) is 7.32. The molecule has 7 heteroatoms. The van der Waals surface area contributed by atoms with Gasteiger partial charge in [0, 0.05) is 11.4 Å². The zero-order chi connectivity index (χ0) is 20.2.